The van der Waals surface area contributed by atoms with Gasteiger partial charge in [-0.2, -0.15) is 0 Å². The molecule has 2 aromatic carbocycles. The minimum atomic E-state index is -1.26. The third kappa shape index (κ3) is 7.04. The zero-order chi connectivity index (χ0) is 33.6. The quantitative estimate of drug-likeness (QED) is 0.213. The minimum absolute atomic E-state index is 0.122. The number of amides is 3. The second-order valence-corrected chi connectivity index (χ2v) is 12.7. The molecule has 0 aromatic heterocycles. The summed E-state index contributed by atoms with van der Waals surface area (Å²) in [5.41, 5.74) is 0.557. The molecule has 250 valence electrons. The Morgan fingerprint density at radius 3 is 2.43 bits per heavy atom. The first-order valence-corrected chi connectivity index (χ1v) is 16.4. The summed E-state index contributed by atoms with van der Waals surface area (Å²) >= 11 is 0. The van der Waals surface area contributed by atoms with Crippen molar-refractivity contribution in [1.82, 2.24) is 15.1 Å². The fraction of sp³-hybridized carbons (Fsp3) is 0.459. The molecule has 0 unspecified atom stereocenters. The first kappa shape index (κ1) is 34.1. The molecule has 47 heavy (non-hydrogen) atoms. The number of hydrogen-bond acceptors (Lipinski definition) is 7. The lowest BCUT2D eigenvalue weighted by Gasteiger charge is -2.39. The Bertz CT molecular complexity index is 1450. The van der Waals surface area contributed by atoms with Crippen LogP contribution in [0.4, 0.5) is 0 Å². The molecular weight excluding hydrogens is 598 g/mol. The molecule has 10 nitrogen and oxygen atoms in total. The SMILES string of the molecule is C=CCCC(=O)NC[C@H](C)OC(=O)[C@@H]1[C@H]2C(=O)N([C@@H](CO)Cc3ccccc3)[C@H](C(=O)N(CC=C)Cc3ccccc3)[C@]23CC[C@H]1O3. The molecule has 0 aliphatic carbocycles. The van der Waals surface area contributed by atoms with Gasteiger partial charge in [0.1, 0.15) is 17.7 Å². The van der Waals surface area contributed by atoms with Crippen molar-refractivity contribution in [3.8, 4) is 0 Å². The predicted molar refractivity (Wildman–Crippen MR) is 176 cm³/mol. The van der Waals surface area contributed by atoms with E-state index >= 15 is 0 Å². The van der Waals surface area contributed by atoms with Crippen LogP contribution in [0.25, 0.3) is 0 Å². The number of likely N-dealkylation sites (tertiary alicyclic amines) is 1. The topological polar surface area (TPSA) is 125 Å². The zero-order valence-corrected chi connectivity index (χ0v) is 27.0. The maximum atomic E-state index is 14.7. The number of rotatable bonds is 16. The molecule has 3 heterocycles. The van der Waals surface area contributed by atoms with Gasteiger partial charge in [-0.15, -0.1) is 13.2 Å². The van der Waals surface area contributed by atoms with Crippen LogP contribution in [0.1, 0.15) is 43.7 Å². The van der Waals surface area contributed by atoms with E-state index in [1.165, 1.54) is 4.90 Å². The molecule has 0 saturated carbocycles. The molecule has 3 aliphatic heterocycles. The fourth-order valence-electron chi connectivity index (χ4n) is 7.43. The number of aliphatic hydroxyl groups is 1. The number of carbonyl (C=O) groups excluding carboxylic acids is 4. The van der Waals surface area contributed by atoms with Crippen LogP contribution in [0.2, 0.25) is 0 Å². The summed E-state index contributed by atoms with van der Waals surface area (Å²) in [5.74, 6) is -3.36. The molecule has 2 bridgehead atoms. The highest BCUT2D eigenvalue weighted by Gasteiger charge is 2.75. The van der Waals surface area contributed by atoms with E-state index in [4.69, 9.17) is 9.47 Å². The van der Waals surface area contributed by atoms with Gasteiger partial charge in [-0.3, -0.25) is 19.2 Å². The Morgan fingerprint density at radius 2 is 1.79 bits per heavy atom. The first-order chi connectivity index (χ1) is 22.7. The summed E-state index contributed by atoms with van der Waals surface area (Å²) < 4.78 is 12.4. The summed E-state index contributed by atoms with van der Waals surface area (Å²) in [7, 11) is 0. The largest absolute Gasteiger partial charge is 0.460 e. The average Bonchev–Trinajstić information content (AvgIpc) is 3.73. The summed E-state index contributed by atoms with van der Waals surface area (Å²) in [4.78, 5) is 58.4. The Labute approximate surface area is 276 Å². The van der Waals surface area contributed by atoms with Gasteiger partial charge in [0.05, 0.1) is 37.1 Å². The zero-order valence-electron chi connectivity index (χ0n) is 27.0. The molecular formula is C37H45N3O7. The van der Waals surface area contributed by atoms with E-state index in [9.17, 15) is 24.3 Å². The molecule has 2 aromatic rings. The lowest BCUT2D eigenvalue weighted by Crippen LogP contribution is -2.59. The van der Waals surface area contributed by atoms with Crippen LogP contribution >= 0.6 is 0 Å². The summed E-state index contributed by atoms with van der Waals surface area (Å²) in [6.07, 6.45) is 4.11. The van der Waals surface area contributed by atoms with Gasteiger partial charge in [0.15, 0.2) is 0 Å². The molecule has 1 spiro atoms. The highest BCUT2D eigenvalue weighted by atomic mass is 16.6. The van der Waals surface area contributed by atoms with Crippen molar-refractivity contribution >= 4 is 23.7 Å². The van der Waals surface area contributed by atoms with Gasteiger partial charge >= 0.3 is 5.97 Å². The van der Waals surface area contributed by atoms with Crippen molar-refractivity contribution in [2.24, 2.45) is 11.8 Å². The van der Waals surface area contributed by atoms with Crippen molar-refractivity contribution in [2.75, 3.05) is 19.7 Å². The van der Waals surface area contributed by atoms with Crippen molar-refractivity contribution in [3.63, 3.8) is 0 Å². The van der Waals surface area contributed by atoms with Crippen LogP contribution < -0.4 is 5.32 Å². The number of allylic oxidation sites excluding steroid dienone is 1. The summed E-state index contributed by atoms with van der Waals surface area (Å²) in [6.45, 7) is 9.45. The van der Waals surface area contributed by atoms with Gasteiger partial charge in [0, 0.05) is 19.5 Å². The van der Waals surface area contributed by atoms with Gasteiger partial charge < -0.3 is 29.7 Å². The number of ether oxygens (including phenoxy) is 2. The highest BCUT2D eigenvalue weighted by Crippen LogP contribution is 2.59. The number of nitrogens with one attached hydrogen (secondary N) is 1. The minimum Gasteiger partial charge on any atom is -0.460 e. The standard InChI is InChI=1S/C37H45N3O7/c1-4-6-17-30(42)38-22-25(3)46-36(45)31-29-18-19-37(47-29)32(31)34(43)40(28(24-41)21-26-13-9-7-10-14-26)33(37)35(44)39(20-5-2)23-27-15-11-8-12-16-27/h4-5,7-16,25,28-29,31-33,41H,1-2,6,17-24H2,3H3,(H,38,42)/t25-,28+,29+,31-,32-,33+,37-/m0/s1. The van der Waals surface area contributed by atoms with Crippen LogP contribution in [0.5, 0.6) is 0 Å². The van der Waals surface area contributed by atoms with E-state index in [1.54, 1.807) is 24.0 Å². The van der Waals surface area contributed by atoms with E-state index in [0.717, 1.165) is 11.1 Å². The number of benzene rings is 2. The molecule has 3 fully saturated rings. The van der Waals surface area contributed by atoms with Gasteiger partial charge in [0.2, 0.25) is 17.7 Å². The molecule has 3 amide bonds. The Morgan fingerprint density at radius 1 is 1.11 bits per heavy atom. The Balaban J connectivity index is 1.45. The smallest absolute Gasteiger partial charge is 0.312 e. The average molecular weight is 644 g/mol. The van der Waals surface area contributed by atoms with Crippen molar-refractivity contribution in [3.05, 3.63) is 97.1 Å². The number of fused-ring (bicyclic) bond motifs is 1. The maximum Gasteiger partial charge on any atom is 0.312 e. The monoisotopic (exact) mass is 643 g/mol. The van der Waals surface area contributed by atoms with Crippen molar-refractivity contribution in [2.45, 2.75) is 75.5 Å². The molecule has 10 heteroatoms. The number of aliphatic hydroxyl groups excluding tert-OH is 1. The maximum absolute atomic E-state index is 14.7. The van der Waals surface area contributed by atoms with Gasteiger partial charge in [-0.25, -0.2) is 0 Å². The van der Waals surface area contributed by atoms with E-state index < -0.39 is 53.6 Å². The van der Waals surface area contributed by atoms with Gasteiger partial charge in [-0.05, 0) is 43.7 Å². The van der Waals surface area contributed by atoms with E-state index in [0.29, 0.717) is 32.2 Å². The molecule has 2 N–H and O–H groups in total. The lowest BCUT2D eigenvalue weighted by atomic mass is 9.70. The Hall–Kier alpha value is -4.28. The molecule has 3 aliphatic rings. The molecule has 7 atom stereocenters. The van der Waals surface area contributed by atoms with Crippen LogP contribution in [-0.2, 0) is 41.6 Å². The number of nitrogens with zero attached hydrogens (tertiary/aromatic N) is 2. The van der Waals surface area contributed by atoms with E-state index in [1.807, 2.05) is 60.7 Å². The van der Waals surface area contributed by atoms with Crippen LogP contribution in [0.3, 0.4) is 0 Å². The Kier molecular flexibility index (Phi) is 10.9. The first-order valence-electron chi connectivity index (χ1n) is 16.4. The third-order valence-corrected chi connectivity index (χ3v) is 9.52. The van der Waals surface area contributed by atoms with Gasteiger partial charge in [0.25, 0.3) is 0 Å². The lowest BCUT2D eigenvalue weighted by molar-refractivity contribution is -0.160. The molecule has 0 radical (unpaired) electrons. The summed E-state index contributed by atoms with van der Waals surface area (Å²) in [6, 6.07) is 17.3. The molecule has 3 saturated heterocycles. The van der Waals surface area contributed by atoms with Crippen LogP contribution in [0, 0.1) is 11.8 Å². The van der Waals surface area contributed by atoms with Gasteiger partial charge in [-0.1, -0.05) is 72.8 Å². The second-order valence-electron chi connectivity index (χ2n) is 12.7. The number of hydrogen-bond donors (Lipinski definition) is 2. The predicted octanol–water partition coefficient (Wildman–Crippen LogP) is 3.19. The fourth-order valence-corrected chi connectivity index (χ4v) is 7.43. The normalized spacial score (nSPS) is 25.5. The van der Waals surface area contributed by atoms with E-state index in [2.05, 4.69) is 18.5 Å². The van der Waals surface area contributed by atoms with Crippen LogP contribution in [-0.4, -0.2) is 88.2 Å². The summed E-state index contributed by atoms with van der Waals surface area (Å²) in [5, 5.41) is 13.5. The third-order valence-electron chi connectivity index (χ3n) is 9.52. The number of carbonyl (C=O) groups is 4. The van der Waals surface area contributed by atoms with Crippen molar-refractivity contribution in [1.29, 1.82) is 0 Å². The van der Waals surface area contributed by atoms with Crippen molar-refractivity contribution < 1.29 is 33.8 Å². The van der Waals surface area contributed by atoms with Crippen LogP contribution in [0.15, 0.2) is 86.0 Å². The van der Waals surface area contributed by atoms with E-state index in [-0.39, 0.29) is 37.9 Å². The molecule has 5 rings (SSSR count). The number of esters is 1. The second kappa shape index (κ2) is 15.1. The highest BCUT2D eigenvalue weighted by molar-refractivity contribution is 5.98.